The summed E-state index contributed by atoms with van der Waals surface area (Å²) in [5, 5.41) is 0. The second-order valence-corrected chi connectivity index (χ2v) is 7.28. The molecule has 0 bridgehead atoms. The zero-order valence-electron chi connectivity index (χ0n) is 15.8. The molecule has 22 heavy (non-hydrogen) atoms. The first-order chi connectivity index (χ1) is 9.99. The van der Waals surface area contributed by atoms with E-state index < -0.39 is 7.82 Å². The molecule has 0 saturated carbocycles. The Hall–Kier alpha value is 1.46. The Labute approximate surface area is 171 Å². The van der Waals surface area contributed by atoms with Crippen molar-refractivity contribution in [2.45, 2.75) is 79.1 Å². The summed E-state index contributed by atoms with van der Waals surface area (Å²) in [6.45, 7) is 8.91. The SMILES string of the molecule is CCCCC(CC)COP(=O)([O-])OCC(CC)CCCC.[H-].[Nd+2]. The van der Waals surface area contributed by atoms with Crippen molar-refractivity contribution in [3.05, 3.63) is 0 Å². The molecule has 0 aromatic rings. The van der Waals surface area contributed by atoms with Gasteiger partial charge in [0.1, 0.15) is 0 Å². The molecule has 0 rings (SSSR count). The summed E-state index contributed by atoms with van der Waals surface area (Å²) in [6.07, 6.45) is 8.38. The zero-order chi connectivity index (χ0) is 16.1. The van der Waals surface area contributed by atoms with E-state index in [9.17, 15) is 9.46 Å². The summed E-state index contributed by atoms with van der Waals surface area (Å²) in [7, 11) is -4.14. The average Bonchev–Trinajstić information content (AvgIpc) is 2.47. The minimum atomic E-state index is -4.14. The maximum atomic E-state index is 11.8. The molecule has 0 spiro atoms. The van der Waals surface area contributed by atoms with E-state index in [1.54, 1.807) is 0 Å². The van der Waals surface area contributed by atoms with E-state index in [1.165, 1.54) is 0 Å². The van der Waals surface area contributed by atoms with Gasteiger partial charge in [-0.3, -0.25) is 4.57 Å². The zero-order valence-corrected chi connectivity index (χ0v) is 18.9. The third kappa shape index (κ3) is 13.9. The monoisotopic (exact) mass is 464 g/mol. The molecule has 132 valence electrons. The molecular formula is C16H35NdO4P. The molecule has 6 heteroatoms. The van der Waals surface area contributed by atoms with Crippen molar-refractivity contribution in [1.82, 2.24) is 0 Å². The first kappa shape index (κ1) is 25.7. The van der Waals surface area contributed by atoms with Gasteiger partial charge in [0.15, 0.2) is 0 Å². The minimum Gasteiger partial charge on any atom is -1.00 e. The van der Waals surface area contributed by atoms with E-state index in [4.69, 9.17) is 9.05 Å². The quantitative estimate of drug-likeness (QED) is 0.337. The van der Waals surface area contributed by atoms with Crippen LogP contribution in [-0.4, -0.2) is 13.2 Å². The van der Waals surface area contributed by atoms with Crippen LogP contribution in [0.3, 0.4) is 0 Å². The molecule has 0 amide bonds. The Morgan fingerprint density at radius 2 is 1.27 bits per heavy atom. The largest absolute Gasteiger partial charge is 2.00 e. The van der Waals surface area contributed by atoms with Crippen molar-refractivity contribution in [2.75, 3.05) is 13.2 Å². The maximum Gasteiger partial charge on any atom is 2.00 e. The number of hydrogen-bond donors (Lipinski definition) is 0. The predicted molar refractivity (Wildman–Crippen MR) is 87.2 cm³/mol. The van der Waals surface area contributed by atoms with Crippen LogP contribution >= 0.6 is 7.82 Å². The number of phosphoric acid groups is 1. The standard InChI is InChI=1S/C16H35O4P.Nd.H/c1-5-9-11-15(7-3)13-19-21(17,18)20-14-16(8-4)12-10-6-2;;/h15-16H,5-14H2,1-4H3,(H,17,18);;/q;+2;-1/p-1. The number of unbranched alkanes of at least 4 members (excludes halogenated alkanes) is 2. The van der Waals surface area contributed by atoms with Crippen LogP contribution in [0.5, 0.6) is 0 Å². The average molecular weight is 467 g/mol. The van der Waals surface area contributed by atoms with Crippen molar-refractivity contribution in [3.63, 3.8) is 0 Å². The van der Waals surface area contributed by atoms with Gasteiger partial charge in [-0.2, -0.15) is 0 Å². The van der Waals surface area contributed by atoms with Crippen LogP contribution in [0.2, 0.25) is 0 Å². The number of rotatable bonds is 14. The van der Waals surface area contributed by atoms with Gasteiger partial charge in [0, 0.05) is 0 Å². The summed E-state index contributed by atoms with van der Waals surface area (Å²) in [5.41, 5.74) is 0. The Morgan fingerprint density at radius 1 is 0.909 bits per heavy atom. The summed E-state index contributed by atoms with van der Waals surface area (Å²) < 4.78 is 21.9. The molecule has 0 radical (unpaired) electrons. The van der Waals surface area contributed by atoms with Gasteiger partial charge in [-0.1, -0.05) is 66.2 Å². The molecule has 0 aromatic carbocycles. The molecule has 0 N–H and O–H groups in total. The Kier molecular flexibility index (Phi) is 18.6. The van der Waals surface area contributed by atoms with E-state index >= 15 is 0 Å². The van der Waals surface area contributed by atoms with Crippen LogP contribution in [0.25, 0.3) is 0 Å². The Bertz CT molecular complexity index is 271. The van der Waals surface area contributed by atoms with Crippen LogP contribution in [0, 0.1) is 52.7 Å². The fourth-order valence-electron chi connectivity index (χ4n) is 2.23. The molecule has 0 aliphatic rings. The van der Waals surface area contributed by atoms with Crippen molar-refractivity contribution in [3.8, 4) is 0 Å². The van der Waals surface area contributed by atoms with Crippen LogP contribution in [0.15, 0.2) is 0 Å². The molecule has 2 atom stereocenters. The molecule has 0 aliphatic heterocycles. The summed E-state index contributed by atoms with van der Waals surface area (Å²) in [5.74, 6) is 0.607. The van der Waals surface area contributed by atoms with Crippen LogP contribution < -0.4 is 4.89 Å². The fraction of sp³-hybridized carbons (Fsp3) is 1.00. The van der Waals surface area contributed by atoms with Crippen molar-refractivity contribution >= 4 is 7.82 Å². The minimum absolute atomic E-state index is 0. The second kappa shape index (κ2) is 16.0. The topological polar surface area (TPSA) is 58.6 Å². The summed E-state index contributed by atoms with van der Waals surface area (Å²) in [6, 6.07) is 0. The van der Waals surface area contributed by atoms with Gasteiger partial charge in [0.2, 0.25) is 0 Å². The Balaban J connectivity index is -0.00000200. The van der Waals surface area contributed by atoms with Crippen molar-refractivity contribution < 1.29 is 60.8 Å². The van der Waals surface area contributed by atoms with E-state index in [-0.39, 0.29) is 55.5 Å². The third-order valence-corrected chi connectivity index (χ3v) is 4.95. The molecule has 0 fully saturated rings. The summed E-state index contributed by atoms with van der Waals surface area (Å²) in [4.78, 5) is 11.8. The van der Waals surface area contributed by atoms with Crippen molar-refractivity contribution in [2.24, 2.45) is 11.8 Å². The summed E-state index contributed by atoms with van der Waals surface area (Å²) >= 11 is 0. The van der Waals surface area contributed by atoms with Gasteiger partial charge in [0.05, 0.1) is 13.2 Å². The predicted octanol–water partition coefficient (Wildman–Crippen LogP) is 5.03. The Morgan fingerprint density at radius 3 is 1.55 bits per heavy atom. The van der Waals surface area contributed by atoms with E-state index in [1.807, 2.05) is 0 Å². The van der Waals surface area contributed by atoms with Gasteiger partial charge < -0.3 is 15.4 Å². The molecule has 0 heterocycles. The van der Waals surface area contributed by atoms with E-state index in [0.29, 0.717) is 11.8 Å². The van der Waals surface area contributed by atoms with Crippen LogP contribution in [-0.2, 0) is 13.6 Å². The fourth-order valence-corrected chi connectivity index (χ4v) is 3.09. The maximum absolute atomic E-state index is 11.8. The smallest absolute Gasteiger partial charge is 1.00 e. The van der Waals surface area contributed by atoms with Gasteiger partial charge in [-0.05, 0) is 24.7 Å². The van der Waals surface area contributed by atoms with Gasteiger partial charge >= 0.3 is 40.8 Å². The molecular weight excluding hydrogens is 431 g/mol. The van der Waals surface area contributed by atoms with E-state index in [0.717, 1.165) is 51.4 Å². The van der Waals surface area contributed by atoms with E-state index in [2.05, 4.69) is 27.7 Å². The first-order valence-corrected chi connectivity index (χ1v) is 10.0. The second-order valence-electron chi connectivity index (χ2n) is 5.87. The normalized spacial score (nSPS) is 16.6. The molecule has 4 nitrogen and oxygen atoms in total. The van der Waals surface area contributed by atoms with Crippen molar-refractivity contribution in [1.29, 1.82) is 0 Å². The van der Waals surface area contributed by atoms with Gasteiger partial charge in [-0.15, -0.1) is 0 Å². The number of phosphoric ester groups is 1. The van der Waals surface area contributed by atoms with Crippen LogP contribution in [0.4, 0.5) is 0 Å². The first-order valence-electron chi connectivity index (χ1n) is 8.59. The number of hydrogen-bond acceptors (Lipinski definition) is 4. The molecule has 0 aromatic heterocycles. The molecule has 2 unspecified atom stereocenters. The molecule has 0 aliphatic carbocycles. The van der Waals surface area contributed by atoms with Gasteiger partial charge in [-0.25, -0.2) is 0 Å². The molecule has 0 saturated heterocycles. The van der Waals surface area contributed by atoms with Crippen LogP contribution in [0.1, 0.15) is 80.5 Å². The van der Waals surface area contributed by atoms with Gasteiger partial charge in [0.25, 0.3) is 7.82 Å². The third-order valence-electron chi connectivity index (χ3n) is 4.02.